The van der Waals surface area contributed by atoms with Gasteiger partial charge in [0, 0.05) is 29.1 Å². The zero-order chi connectivity index (χ0) is 26.5. The predicted molar refractivity (Wildman–Crippen MR) is 151 cm³/mol. The average molecular weight is 526 g/mol. The molecule has 0 aliphatic rings. The van der Waals surface area contributed by atoms with Gasteiger partial charge >= 0.3 is 0 Å². The van der Waals surface area contributed by atoms with Gasteiger partial charge in [-0.05, 0) is 31.2 Å². The molecule has 0 fully saturated rings. The summed E-state index contributed by atoms with van der Waals surface area (Å²) < 4.78 is 12.7. The van der Waals surface area contributed by atoms with Crippen LogP contribution in [-0.4, -0.2) is 45.6 Å². The van der Waals surface area contributed by atoms with Crippen LogP contribution in [0.5, 0.6) is 11.5 Å². The van der Waals surface area contributed by atoms with Gasteiger partial charge in [-0.15, -0.1) is 10.2 Å². The molecule has 0 saturated carbocycles. The number of nitrogens with zero attached hydrogens (tertiary/aromatic N) is 4. The number of methoxy groups -OCH3 is 2. The Morgan fingerprint density at radius 2 is 1.74 bits per heavy atom. The lowest BCUT2D eigenvalue weighted by Crippen LogP contribution is -2.15. The standard InChI is InChI=1S/C29H27N5O3S/c1-4-34-28(22-17-24(19-10-6-5-7-11-19)30-23-13-9-8-12-21(22)23)32-33-29(34)38-18-27(35)31-25-16-20(36-2)14-15-26(25)37-3/h5-17H,4,18H2,1-3H3,(H,31,35). The quantitative estimate of drug-likeness (QED) is 0.239. The van der Waals surface area contributed by atoms with Gasteiger partial charge in [-0.1, -0.05) is 60.3 Å². The van der Waals surface area contributed by atoms with Crippen LogP contribution in [0, 0.1) is 0 Å². The topological polar surface area (TPSA) is 91.2 Å². The number of hydrogen-bond donors (Lipinski definition) is 1. The Hall–Kier alpha value is -4.37. The molecule has 3 aromatic carbocycles. The molecule has 0 radical (unpaired) electrons. The van der Waals surface area contributed by atoms with Gasteiger partial charge in [0.2, 0.25) is 5.91 Å². The Morgan fingerprint density at radius 3 is 2.50 bits per heavy atom. The van der Waals surface area contributed by atoms with Gasteiger partial charge in [-0.25, -0.2) is 4.98 Å². The summed E-state index contributed by atoms with van der Waals surface area (Å²) in [5, 5.41) is 13.6. The van der Waals surface area contributed by atoms with Crippen molar-refractivity contribution in [1.82, 2.24) is 19.7 Å². The van der Waals surface area contributed by atoms with Crippen molar-refractivity contribution in [2.24, 2.45) is 0 Å². The smallest absolute Gasteiger partial charge is 0.234 e. The Kier molecular flexibility index (Phi) is 7.55. The Morgan fingerprint density at radius 1 is 0.947 bits per heavy atom. The van der Waals surface area contributed by atoms with E-state index in [0.717, 1.165) is 33.5 Å². The van der Waals surface area contributed by atoms with E-state index in [2.05, 4.69) is 21.6 Å². The molecule has 0 bridgehead atoms. The lowest BCUT2D eigenvalue weighted by molar-refractivity contribution is -0.113. The van der Waals surface area contributed by atoms with E-state index in [4.69, 9.17) is 14.5 Å². The van der Waals surface area contributed by atoms with Crippen LogP contribution < -0.4 is 14.8 Å². The normalized spacial score (nSPS) is 10.9. The van der Waals surface area contributed by atoms with E-state index < -0.39 is 0 Å². The number of pyridine rings is 1. The number of rotatable bonds is 9. The third kappa shape index (κ3) is 5.19. The minimum Gasteiger partial charge on any atom is -0.497 e. The van der Waals surface area contributed by atoms with Gasteiger partial charge < -0.3 is 19.4 Å². The molecule has 5 aromatic rings. The van der Waals surface area contributed by atoms with E-state index in [-0.39, 0.29) is 11.7 Å². The number of thioether (sulfide) groups is 1. The molecule has 0 unspecified atom stereocenters. The lowest BCUT2D eigenvalue weighted by atomic mass is 10.0. The molecule has 192 valence electrons. The highest BCUT2D eigenvalue weighted by molar-refractivity contribution is 7.99. The Labute approximate surface area is 225 Å². The molecule has 38 heavy (non-hydrogen) atoms. The van der Waals surface area contributed by atoms with Gasteiger partial charge in [-0.2, -0.15) is 0 Å². The molecule has 2 heterocycles. The fourth-order valence-corrected chi connectivity index (χ4v) is 5.03. The number of anilines is 1. The van der Waals surface area contributed by atoms with Gasteiger partial charge in [0.15, 0.2) is 11.0 Å². The number of amides is 1. The van der Waals surface area contributed by atoms with Crippen LogP contribution >= 0.6 is 11.8 Å². The monoisotopic (exact) mass is 525 g/mol. The highest BCUT2D eigenvalue weighted by atomic mass is 32.2. The van der Waals surface area contributed by atoms with Gasteiger partial charge in [0.05, 0.1) is 36.9 Å². The van der Waals surface area contributed by atoms with Crippen molar-refractivity contribution in [2.45, 2.75) is 18.6 Å². The Balaban J connectivity index is 1.43. The zero-order valence-electron chi connectivity index (χ0n) is 21.3. The third-order valence-electron chi connectivity index (χ3n) is 6.07. The number of hydrogen-bond acceptors (Lipinski definition) is 7. The summed E-state index contributed by atoms with van der Waals surface area (Å²) in [7, 11) is 3.14. The molecule has 8 nitrogen and oxygen atoms in total. The highest BCUT2D eigenvalue weighted by Gasteiger charge is 2.19. The number of carbonyl (C=O) groups is 1. The van der Waals surface area contributed by atoms with Crippen LogP contribution in [0.1, 0.15) is 6.92 Å². The maximum Gasteiger partial charge on any atom is 0.234 e. The minimum atomic E-state index is -0.186. The predicted octanol–water partition coefficient (Wildman–Crippen LogP) is 5.93. The number of nitrogens with one attached hydrogen (secondary N) is 1. The van der Waals surface area contributed by atoms with Crippen LogP contribution in [0.2, 0.25) is 0 Å². The summed E-state index contributed by atoms with van der Waals surface area (Å²) in [6.45, 7) is 2.69. The molecule has 0 aliphatic heterocycles. The van der Waals surface area contributed by atoms with Crippen molar-refractivity contribution in [3.8, 4) is 34.1 Å². The van der Waals surface area contributed by atoms with E-state index in [1.54, 1.807) is 32.4 Å². The largest absolute Gasteiger partial charge is 0.497 e. The molecule has 0 aliphatic carbocycles. The minimum absolute atomic E-state index is 0.158. The van der Waals surface area contributed by atoms with Gasteiger partial charge in [-0.3, -0.25) is 4.79 Å². The molecule has 9 heteroatoms. The second-order valence-corrected chi connectivity index (χ2v) is 9.33. The number of carbonyl (C=O) groups excluding carboxylic acids is 1. The average Bonchev–Trinajstić information content (AvgIpc) is 3.38. The number of fused-ring (bicyclic) bond motifs is 1. The molecule has 0 spiro atoms. The van der Waals surface area contributed by atoms with Crippen LogP contribution in [0.4, 0.5) is 5.69 Å². The van der Waals surface area contributed by atoms with Crippen molar-refractivity contribution >= 4 is 34.3 Å². The first-order chi connectivity index (χ1) is 18.6. The van der Waals surface area contributed by atoms with Crippen molar-refractivity contribution < 1.29 is 14.3 Å². The van der Waals surface area contributed by atoms with E-state index in [0.29, 0.717) is 28.9 Å². The van der Waals surface area contributed by atoms with E-state index in [1.807, 2.05) is 66.1 Å². The molecular weight excluding hydrogens is 498 g/mol. The maximum atomic E-state index is 12.8. The van der Waals surface area contributed by atoms with E-state index in [9.17, 15) is 4.79 Å². The zero-order valence-corrected chi connectivity index (χ0v) is 22.2. The first-order valence-electron chi connectivity index (χ1n) is 12.1. The maximum absolute atomic E-state index is 12.8. The van der Waals surface area contributed by atoms with Crippen molar-refractivity contribution in [3.05, 3.63) is 78.9 Å². The fourth-order valence-electron chi connectivity index (χ4n) is 4.23. The molecule has 0 saturated heterocycles. The molecular formula is C29H27N5O3S. The molecule has 1 amide bonds. The summed E-state index contributed by atoms with van der Waals surface area (Å²) in [5.74, 6) is 1.89. The lowest BCUT2D eigenvalue weighted by Gasteiger charge is -2.12. The summed E-state index contributed by atoms with van der Waals surface area (Å²) in [6.07, 6.45) is 0. The molecule has 2 aromatic heterocycles. The number of para-hydroxylation sites is 1. The van der Waals surface area contributed by atoms with Gasteiger partial charge in [0.25, 0.3) is 0 Å². The van der Waals surface area contributed by atoms with Crippen molar-refractivity contribution in [3.63, 3.8) is 0 Å². The number of ether oxygens (including phenoxy) is 2. The third-order valence-corrected chi connectivity index (χ3v) is 7.04. The second kappa shape index (κ2) is 11.4. The highest BCUT2D eigenvalue weighted by Crippen LogP contribution is 2.33. The molecule has 5 rings (SSSR count). The van der Waals surface area contributed by atoms with Gasteiger partial charge in [0.1, 0.15) is 11.5 Å². The Bertz CT molecular complexity index is 1590. The molecule has 1 N–H and O–H groups in total. The summed E-state index contributed by atoms with van der Waals surface area (Å²) in [4.78, 5) is 17.7. The van der Waals surface area contributed by atoms with Crippen LogP contribution in [0.15, 0.2) is 84.0 Å². The summed E-state index contributed by atoms with van der Waals surface area (Å²) >= 11 is 1.33. The first kappa shape index (κ1) is 25.3. The molecule has 0 atom stereocenters. The van der Waals surface area contributed by atoms with E-state index >= 15 is 0 Å². The van der Waals surface area contributed by atoms with E-state index in [1.165, 1.54) is 11.8 Å². The second-order valence-electron chi connectivity index (χ2n) is 8.39. The fraction of sp³-hybridized carbons (Fsp3) is 0.172. The summed E-state index contributed by atoms with van der Waals surface area (Å²) in [5.41, 5.74) is 4.27. The van der Waals surface area contributed by atoms with Crippen molar-refractivity contribution in [1.29, 1.82) is 0 Å². The van der Waals surface area contributed by atoms with Crippen LogP contribution in [-0.2, 0) is 11.3 Å². The number of aromatic nitrogens is 4. The SMILES string of the molecule is CCn1c(SCC(=O)Nc2cc(OC)ccc2OC)nnc1-c1cc(-c2ccccc2)nc2ccccc12. The van der Waals surface area contributed by atoms with Crippen LogP contribution in [0.3, 0.4) is 0 Å². The van der Waals surface area contributed by atoms with Crippen molar-refractivity contribution in [2.75, 3.05) is 25.3 Å². The first-order valence-corrected chi connectivity index (χ1v) is 13.1. The van der Waals surface area contributed by atoms with Crippen LogP contribution in [0.25, 0.3) is 33.5 Å². The summed E-state index contributed by atoms with van der Waals surface area (Å²) in [6, 6.07) is 25.4. The number of benzene rings is 3.